The number of hydrogen-bond donors (Lipinski definition) is 8. The summed E-state index contributed by atoms with van der Waals surface area (Å²) in [6.45, 7) is 16.3. The minimum Gasteiger partial charge on any atom is -0.480 e. The second kappa shape index (κ2) is 26.1. The monoisotopic (exact) mass is 1050 g/mol. The number of rotatable bonds is 15. The van der Waals surface area contributed by atoms with Crippen molar-refractivity contribution in [2.24, 2.45) is 50.7 Å². The van der Waals surface area contributed by atoms with Crippen LogP contribution in [0.2, 0.25) is 20.2 Å². The number of carbonyl (C=O) groups is 4. The fourth-order valence-corrected chi connectivity index (χ4v) is 8.34. The number of nitrogens with zero attached hydrogens (tertiary/aromatic N) is 5. The number of pyridine rings is 3. The van der Waals surface area contributed by atoms with Gasteiger partial charge in [0.15, 0.2) is 23.6 Å². The third kappa shape index (κ3) is 16.8. The SMILES string of the molecule is CC(C)CC(C)NC(=O)c1ccc2c(Cl)cnc(Cl)c2c1.CC(C)CC(C)NC(=O)c1ccc2c(Cl)cnc(N=C(N)N)c2c1.CC(C)CC(NC(=O)c1ccc2c(Cl)cnc(N=C(N)N)c2c1)C(=O)O. The van der Waals surface area contributed by atoms with Crippen molar-refractivity contribution in [1.29, 1.82) is 0 Å². The van der Waals surface area contributed by atoms with Gasteiger partial charge in [0, 0.05) is 79.7 Å². The van der Waals surface area contributed by atoms with E-state index < -0.39 is 17.9 Å². The van der Waals surface area contributed by atoms with Crippen molar-refractivity contribution in [2.45, 2.75) is 92.8 Å². The first-order valence-electron chi connectivity index (χ1n) is 22.6. The Hall–Kier alpha value is -6.53. The Labute approximate surface area is 432 Å². The van der Waals surface area contributed by atoms with Crippen LogP contribution in [0.1, 0.15) is 106 Å². The molecule has 6 aromatic rings. The number of carboxylic acids is 1. The minimum absolute atomic E-state index is 0.0860. The average molecular weight is 1050 g/mol. The Bertz CT molecular complexity index is 2960. The maximum Gasteiger partial charge on any atom is 0.326 e. The second-order valence-corrected chi connectivity index (χ2v) is 19.7. The number of carboxylic acid groups (broad SMARTS) is 1. The zero-order chi connectivity index (χ0) is 52.9. The highest BCUT2D eigenvalue weighted by atomic mass is 35.5. The van der Waals surface area contributed by atoms with Crippen molar-refractivity contribution >= 4 is 126 Å². The van der Waals surface area contributed by atoms with Crippen LogP contribution in [0.4, 0.5) is 11.6 Å². The number of nitrogens with two attached hydrogens (primary N) is 4. The van der Waals surface area contributed by atoms with Gasteiger partial charge in [-0.05, 0) is 87.3 Å². The van der Waals surface area contributed by atoms with Gasteiger partial charge in [-0.1, -0.05) is 106 Å². The number of guanidine groups is 2. The number of halogens is 4. The van der Waals surface area contributed by atoms with Crippen LogP contribution >= 0.6 is 46.4 Å². The molecule has 0 fully saturated rings. The molecule has 0 radical (unpaired) electrons. The highest BCUT2D eigenvalue weighted by Gasteiger charge is 2.23. The molecule has 12 N–H and O–H groups in total. The van der Waals surface area contributed by atoms with Crippen molar-refractivity contribution in [1.82, 2.24) is 30.9 Å². The topological polar surface area (TPSA) is 292 Å². The number of benzene rings is 3. The van der Waals surface area contributed by atoms with E-state index in [9.17, 15) is 24.3 Å². The Morgan fingerprint density at radius 1 is 0.507 bits per heavy atom. The van der Waals surface area contributed by atoms with E-state index in [-0.39, 0.29) is 53.1 Å². The van der Waals surface area contributed by atoms with Gasteiger partial charge in [0.2, 0.25) is 0 Å². The molecule has 0 aliphatic rings. The molecule has 3 unspecified atom stereocenters. The predicted octanol–water partition coefficient (Wildman–Crippen LogP) is 9.69. The molecular weight excluding hydrogens is 990 g/mol. The summed E-state index contributed by atoms with van der Waals surface area (Å²) in [7, 11) is 0. The number of aliphatic carboxylic acids is 1. The molecule has 21 heteroatoms. The van der Waals surface area contributed by atoms with Crippen LogP contribution in [0.5, 0.6) is 0 Å². The van der Waals surface area contributed by atoms with Gasteiger partial charge < -0.3 is 44.0 Å². The Morgan fingerprint density at radius 3 is 1.20 bits per heavy atom. The van der Waals surface area contributed by atoms with E-state index in [4.69, 9.17) is 69.3 Å². The van der Waals surface area contributed by atoms with Crippen molar-refractivity contribution in [3.8, 4) is 0 Å². The van der Waals surface area contributed by atoms with Crippen LogP contribution in [0.25, 0.3) is 32.3 Å². The van der Waals surface area contributed by atoms with E-state index in [1.165, 1.54) is 24.7 Å². The van der Waals surface area contributed by atoms with Gasteiger partial charge in [-0.25, -0.2) is 19.7 Å². The van der Waals surface area contributed by atoms with Crippen molar-refractivity contribution in [3.63, 3.8) is 0 Å². The second-order valence-electron chi connectivity index (χ2n) is 18.1. The lowest BCUT2D eigenvalue weighted by atomic mass is 10.0. The van der Waals surface area contributed by atoms with Gasteiger partial charge >= 0.3 is 5.97 Å². The first kappa shape index (κ1) is 57.1. The molecule has 0 aliphatic heterocycles. The summed E-state index contributed by atoms with van der Waals surface area (Å²) in [5, 5.41) is 23.5. The first-order valence-corrected chi connectivity index (χ1v) is 24.1. The zero-order valence-electron chi connectivity index (χ0n) is 40.7. The molecule has 6 rings (SSSR count). The predicted molar refractivity (Wildman–Crippen MR) is 287 cm³/mol. The summed E-state index contributed by atoms with van der Waals surface area (Å²) in [5.41, 5.74) is 23.0. The largest absolute Gasteiger partial charge is 0.480 e. The van der Waals surface area contributed by atoms with Crippen LogP contribution in [0, 0.1) is 17.8 Å². The molecular formula is C50H60Cl4N12O5. The normalized spacial score (nSPS) is 12.3. The number of aromatic nitrogens is 3. The standard InChI is InChI=1S/C17H20ClN5O3.C17H22ClN5O.C16H18Cl2N2O/c1-8(2)5-13(16(25)26)22-15(24)9-3-4-10-11(6-9)14(23-17(19)20)21-7-12(10)18;1-9(2)6-10(3)22-16(24)11-4-5-12-13(7-11)15(23-17(19)20)21-8-14(12)18;1-9(2)6-10(3)20-16(21)11-4-5-12-13(7-11)15(18)19-8-14(12)17/h3-4,6-8,13H,5H2,1-2H3,(H,22,24)(H,25,26)(H4,19,20,21,23);4-5,7-10H,6H2,1-3H3,(H,22,24)(H4,19,20,21,23);4-5,7-10H,6H2,1-3H3,(H,20,21). The summed E-state index contributed by atoms with van der Waals surface area (Å²) in [6, 6.07) is 14.4. The quantitative estimate of drug-likeness (QED) is 0.0271. The molecule has 0 saturated heterocycles. The molecule has 3 amide bonds. The van der Waals surface area contributed by atoms with Crippen LogP contribution in [0.3, 0.4) is 0 Å². The van der Waals surface area contributed by atoms with Crippen molar-refractivity contribution in [3.05, 3.63) is 110 Å². The number of hydrogen-bond acceptors (Lipinski definition) is 9. The van der Waals surface area contributed by atoms with Crippen LogP contribution < -0.4 is 38.9 Å². The minimum atomic E-state index is -1.08. The van der Waals surface area contributed by atoms with E-state index in [1.54, 1.807) is 48.5 Å². The molecule has 0 spiro atoms. The molecule has 0 saturated carbocycles. The molecule has 17 nitrogen and oxygen atoms in total. The average Bonchev–Trinajstić information content (AvgIpc) is 3.28. The molecule has 0 aliphatic carbocycles. The summed E-state index contributed by atoms with van der Waals surface area (Å²) in [4.78, 5) is 68.7. The smallest absolute Gasteiger partial charge is 0.326 e. The maximum absolute atomic E-state index is 12.5. The van der Waals surface area contributed by atoms with Crippen LogP contribution in [-0.2, 0) is 4.79 Å². The zero-order valence-corrected chi connectivity index (χ0v) is 43.7. The summed E-state index contributed by atoms with van der Waals surface area (Å²) >= 11 is 24.5. The van der Waals surface area contributed by atoms with E-state index >= 15 is 0 Å². The molecule has 3 atom stereocenters. The molecule has 0 bridgehead atoms. The van der Waals surface area contributed by atoms with Gasteiger partial charge in [0.1, 0.15) is 11.2 Å². The van der Waals surface area contributed by atoms with Gasteiger partial charge in [-0.15, -0.1) is 0 Å². The lowest BCUT2D eigenvalue weighted by Crippen LogP contribution is -2.41. The van der Waals surface area contributed by atoms with Gasteiger partial charge in [0.05, 0.1) is 15.1 Å². The third-order valence-electron chi connectivity index (χ3n) is 10.4. The van der Waals surface area contributed by atoms with Crippen LogP contribution in [-0.4, -0.2) is 73.8 Å². The number of amides is 3. The van der Waals surface area contributed by atoms with Crippen LogP contribution in [0.15, 0.2) is 83.2 Å². The molecule has 3 aromatic heterocycles. The van der Waals surface area contributed by atoms with Gasteiger partial charge in [-0.2, -0.15) is 9.98 Å². The van der Waals surface area contributed by atoms with E-state index in [0.29, 0.717) is 77.0 Å². The number of nitrogens with one attached hydrogen (secondary N) is 3. The summed E-state index contributed by atoms with van der Waals surface area (Å²) < 4.78 is 0. The van der Waals surface area contributed by atoms with Gasteiger partial charge in [-0.3, -0.25) is 14.4 Å². The fraction of sp³-hybridized carbons (Fsp3) is 0.340. The van der Waals surface area contributed by atoms with E-state index in [2.05, 4.69) is 68.6 Å². The lowest BCUT2D eigenvalue weighted by molar-refractivity contribution is -0.139. The molecule has 3 heterocycles. The molecule has 71 heavy (non-hydrogen) atoms. The number of fused-ring (bicyclic) bond motifs is 3. The third-order valence-corrected chi connectivity index (χ3v) is 11.6. The summed E-state index contributed by atoms with van der Waals surface area (Å²) in [5.74, 6) is -0.441. The van der Waals surface area contributed by atoms with E-state index in [1.807, 2.05) is 27.7 Å². The highest BCUT2D eigenvalue weighted by Crippen LogP contribution is 2.32. The Balaban J connectivity index is 0.000000233. The molecule has 3 aromatic carbocycles. The fourth-order valence-electron chi connectivity index (χ4n) is 7.49. The number of carbonyl (C=O) groups excluding carboxylic acids is 3. The Morgan fingerprint density at radius 2 is 0.845 bits per heavy atom. The highest BCUT2D eigenvalue weighted by molar-refractivity contribution is 6.39. The molecule has 378 valence electrons. The lowest BCUT2D eigenvalue weighted by Gasteiger charge is -2.16. The summed E-state index contributed by atoms with van der Waals surface area (Å²) in [6.07, 6.45) is 6.57. The van der Waals surface area contributed by atoms with Gasteiger partial charge in [0.25, 0.3) is 17.7 Å². The maximum atomic E-state index is 12.5. The van der Waals surface area contributed by atoms with Crippen molar-refractivity contribution < 1.29 is 24.3 Å². The van der Waals surface area contributed by atoms with Crippen molar-refractivity contribution in [2.75, 3.05) is 0 Å². The van der Waals surface area contributed by atoms with E-state index in [0.717, 1.165) is 23.6 Å². The Kier molecular flexibility index (Phi) is 21.0. The first-order chi connectivity index (χ1) is 33.3. The number of aliphatic imine (C=N–C) groups is 2.